The normalized spacial score (nSPS) is 12.5. The van der Waals surface area contributed by atoms with Crippen molar-refractivity contribution in [2.45, 2.75) is 18.9 Å². The quantitative estimate of drug-likeness (QED) is 0.676. The Balaban J connectivity index is 1.69. The summed E-state index contributed by atoms with van der Waals surface area (Å²) in [6.45, 7) is 0. The van der Waals surface area contributed by atoms with Crippen LogP contribution in [0.3, 0.4) is 0 Å². The van der Waals surface area contributed by atoms with E-state index in [1.165, 1.54) is 5.56 Å². The van der Waals surface area contributed by atoms with Gasteiger partial charge >= 0.3 is 5.69 Å². The molecule has 0 aliphatic rings. The Morgan fingerprint density at radius 2 is 1.82 bits per heavy atom. The van der Waals surface area contributed by atoms with Crippen LogP contribution < -0.4 is 16.2 Å². The maximum atomic E-state index is 11.3. The van der Waals surface area contributed by atoms with Crippen molar-refractivity contribution in [2.75, 3.05) is 7.11 Å². The number of aromatic nitrogens is 2. The average molecular weight is 297 g/mol. The van der Waals surface area contributed by atoms with Crippen LogP contribution in [-0.4, -0.2) is 17.1 Å². The third-order valence-electron chi connectivity index (χ3n) is 3.87. The molecule has 5 heteroatoms. The van der Waals surface area contributed by atoms with E-state index in [2.05, 4.69) is 22.1 Å². The summed E-state index contributed by atoms with van der Waals surface area (Å²) in [6.07, 6.45) is 1.74. The van der Waals surface area contributed by atoms with E-state index < -0.39 is 0 Å². The molecule has 0 bridgehead atoms. The molecule has 1 unspecified atom stereocenters. The van der Waals surface area contributed by atoms with Crippen molar-refractivity contribution in [3.8, 4) is 5.75 Å². The maximum absolute atomic E-state index is 11.3. The second kappa shape index (κ2) is 6.07. The van der Waals surface area contributed by atoms with Crippen LogP contribution >= 0.6 is 0 Å². The highest BCUT2D eigenvalue weighted by molar-refractivity contribution is 5.75. The van der Waals surface area contributed by atoms with Crippen molar-refractivity contribution >= 4 is 11.0 Å². The number of hydrogen-bond acceptors (Lipinski definition) is 3. The number of fused-ring (bicyclic) bond motifs is 1. The van der Waals surface area contributed by atoms with Crippen molar-refractivity contribution in [3.05, 3.63) is 64.1 Å². The van der Waals surface area contributed by atoms with Crippen LogP contribution in [0.5, 0.6) is 5.75 Å². The molecule has 0 radical (unpaired) electrons. The summed E-state index contributed by atoms with van der Waals surface area (Å²) in [6, 6.07) is 13.7. The number of nitrogens with two attached hydrogens (primary N) is 1. The lowest BCUT2D eigenvalue weighted by atomic mass is 9.99. The number of imidazole rings is 1. The molecule has 1 heterocycles. The van der Waals surface area contributed by atoms with Gasteiger partial charge in [-0.15, -0.1) is 0 Å². The molecule has 4 N–H and O–H groups in total. The second-order valence-corrected chi connectivity index (χ2v) is 5.38. The highest BCUT2D eigenvalue weighted by Crippen LogP contribution is 2.20. The van der Waals surface area contributed by atoms with Crippen LogP contribution in [0.1, 0.15) is 23.6 Å². The third kappa shape index (κ3) is 3.04. The topological polar surface area (TPSA) is 83.9 Å². The lowest BCUT2D eigenvalue weighted by Crippen LogP contribution is -2.11. The molecule has 114 valence electrons. The number of H-pyrrole nitrogens is 2. The lowest BCUT2D eigenvalue weighted by molar-refractivity contribution is 0.414. The van der Waals surface area contributed by atoms with Gasteiger partial charge < -0.3 is 20.4 Å². The van der Waals surface area contributed by atoms with Gasteiger partial charge in [-0.05, 0) is 48.2 Å². The molecular formula is C17H19N3O2. The first-order valence-electron chi connectivity index (χ1n) is 7.26. The lowest BCUT2D eigenvalue weighted by Gasteiger charge is -2.12. The molecule has 2 aromatic carbocycles. The first kappa shape index (κ1) is 14.4. The van der Waals surface area contributed by atoms with Crippen LogP contribution in [0.4, 0.5) is 0 Å². The van der Waals surface area contributed by atoms with Crippen LogP contribution in [0.25, 0.3) is 11.0 Å². The van der Waals surface area contributed by atoms with Gasteiger partial charge in [-0.3, -0.25) is 0 Å². The standard InChI is InChI=1S/C17H19N3O2/c1-22-13-6-2-11(3-7-13)4-8-14(18)12-5-9-15-16(10-12)20-17(21)19-15/h2-3,5-7,9-10,14H,4,8,18H2,1H3,(H2,19,20,21). The van der Waals surface area contributed by atoms with Crippen molar-refractivity contribution in [2.24, 2.45) is 5.73 Å². The molecule has 22 heavy (non-hydrogen) atoms. The van der Waals surface area contributed by atoms with Gasteiger partial charge in [0.05, 0.1) is 18.1 Å². The first-order chi connectivity index (χ1) is 10.7. The molecule has 0 saturated heterocycles. The van der Waals surface area contributed by atoms with E-state index in [0.29, 0.717) is 0 Å². The predicted molar refractivity (Wildman–Crippen MR) is 87.2 cm³/mol. The SMILES string of the molecule is COc1ccc(CCC(N)c2ccc3[nH]c(=O)[nH]c3c2)cc1. The first-order valence-corrected chi connectivity index (χ1v) is 7.26. The number of benzene rings is 2. The van der Waals surface area contributed by atoms with E-state index in [4.69, 9.17) is 10.5 Å². The van der Waals surface area contributed by atoms with Gasteiger partial charge in [0.25, 0.3) is 0 Å². The van der Waals surface area contributed by atoms with Gasteiger partial charge in [0.1, 0.15) is 5.75 Å². The minimum Gasteiger partial charge on any atom is -0.497 e. The zero-order valence-electron chi connectivity index (χ0n) is 12.4. The van der Waals surface area contributed by atoms with Crippen LogP contribution in [0.15, 0.2) is 47.3 Å². The number of aromatic amines is 2. The largest absolute Gasteiger partial charge is 0.497 e. The Labute approximate surface area is 128 Å². The monoisotopic (exact) mass is 297 g/mol. The summed E-state index contributed by atoms with van der Waals surface area (Å²) < 4.78 is 5.15. The number of rotatable bonds is 5. The smallest absolute Gasteiger partial charge is 0.323 e. The van der Waals surface area contributed by atoms with E-state index in [9.17, 15) is 4.79 Å². The molecule has 5 nitrogen and oxygen atoms in total. The zero-order chi connectivity index (χ0) is 15.5. The zero-order valence-corrected chi connectivity index (χ0v) is 12.4. The van der Waals surface area contributed by atoms with Gasteiger partial charge in [0.2, 0.25) is 0 Å². The maximum Gasteiger partial charge on any atom is 0.323 e. The van der Waals surface area contributed by atoms with Crippen LogP contribution in [-0.2, 0) is 6.42 Å². The Kier molecular flexibility index (Phi) is 3.98. The summed E-state index contributed by atoms with van der Waals surface area (Å²) in [5, 5.41) is 0. The van der Waals surface area contributed by atoms with Crippen molar-refractivity contribution < 1.29 is 4.74 Å². The summed E-state index contributed by atoms with van der Waals surface area (Å²) in [7, 11) is 1.66. The Morgan fingerprint density at radius 3 is 2.55 bits per heavy atom. The molecule has 0 saturated carbocycles. The fraction of sp³-hybridized carbons (Fsp3) is 0.235. The summed E-state index contributed by atoms with van der Waals surface area (Å²) in [4.78, 5) is 16.8. The van der Waals surface area contributed by atoms with Gasteiger partial charge in [0.15, 0.2) is 0 Å². The molecule has 3 rings (SSSR count). The summed E-state index contributed by atoms with van der Waals surface area (Å²) in [5.41, 5.74) is 9.92. The molecule has 1 aromatic heterocycles. The Morgan fingerprint density at radius 1 is 1.09 bits per heavy atom. The van der Waals surface area contributed by atoms with E-state index in [0.717, 1.165) is 35.2 Å². The van der Waals surface area contributed by atoms with Gasteiger partial charge in [-0.2, -0.15) is 0 Å². The molecule has 1 atom stereocenters. The van der Waals surface area contributed by atoms with Gasteiger partial charge in [0, 0.05) is 6.04 Å². The molecule has 3 aromatic rings. The van der Waals surface area contributed by atoms with Crippen molar-refractivity contribution in [1.82, 2.24) is 9.97 Å². The number of methoxy groups -OCH3 is 1. The van der Waals surface area contributed by atoms with E-state index in [1.807, 2.05) is 30.3 Å². The van der Waals surface area contributed by atoms with Crippen LogP contribution in [0.2, 0.25) is 0 Å². The Bertz CT molecular complexity index is 818. The molecule has 0 amide bonds. The summed E-state index contributed by atoms with van der Waals surface area (Å²) >= 11 is 0. The third-order valence-corrected chi connectivity index (χ3v) is 3.87. The minimum atomic E-state index is -0.195. The summed E-state index contributed by atoms with van der Waals surface area (Å²) in [5.74, 6) is 0.856. The highest BCUT2D eigenvalue weighted by atomic mass is 16.5. The van der Waals surface area contributed by atoms with Crippen LogP contribution in [0, 0.1) is 0 Å². The molecule has 0 aliphatic heterocycles. The van der Waals surface area contributed by atoms with Gasteiger partial charge in [-0.25, -0.2) is 4.79 Å². The fourth-order valence-corrected chi connectivity index (χ4v) is 2.56. The van der Waals surface area contributed by atoms with Crippen molar-refractivity contribution in [1.29, 1.82) is 0 Å². The molecule has 0 aliphatic carbocycles. The number of hydrogen-bond donors (Lipinski definition) is 3. The number of nitrogens with one attached hydrogen (secondary N) is 2. The number of aryl methyl sites for hydroxylation is 1. The molecular weight excluding hydrogens is 278 g/mol. The molecule has 0 fully saturated rings. The second-order valence-electron chi connectivity index (χ2n) is 5.38. The number of ether oxygens (including phenoxy) is 1. The predicted octanol–water partition coefficient (Wildman–Crippen LogP) is 2.50. The van der Waals surface area contributed by atoms with Crippen molar-refractivity contribution in [3.63, 3.8) is 0 Å². The average Bonchev–Trinajstić information content (AvgIpc) is 2.92. The fourth-order valence-electron chi connectivity index (χ4n) is 2.56. The Hall–Kier alpha value is -2.53. The highest BCUT2D eigenvalue weighted by Gasteiger charge is 2.08. The van der Waals surface area contributed by atoms with E-state index in [-0.39, 0.29) is 11.7 Å². The van der Waals surface area contributed by atoms with E-state index >= 15 is 0 Å². The molecule has 0 spiro atoms. The van der Waals surface area contributed by atoms with E-state index in [1.54, 1.807) is 7.11 Å². The van der Waals surface area contributed by atoms with Gasteiger partial charge in [-0.1, -0.05) is 18.2 Å². The minimum absolute atomic E-state index is 0.0649.